The van der Waals surface area contributed by atoms with Crippen molar-refractivity contribution in [3.8, 4) is 11.1 Å². The van der Waals surface area contributed by atoms with Crippen molar-refractivity contribution in [1.82, 2.24) is 14.9 Å². The lowest BCUT2D eigenvalue weighted by Gasteiger charge is -2.09. The molecule has 0 amide bonds. The molecule has 34 heavy (non-hydrogen) atoms. The molecule has 0 bridgehead atoms. The molecule has 0 aliphatic heterocycles. The van der Waals surface area contributed by atoms with Crippen LogP contribution in [0, 0.1) is 0 Å². The van der Waals surface area contributed by atoms with Crippen molar-refractivity contribution in [3.63, 3.8) is 0 Å². The monoisotopic (exact) mass is 482 g/mol. The van der Waals surface area contributed by atoms with Crippen LogP contribution in [0.5, 0.6) is 0 Å². The average molecular weight is 483 g/mol. The van der Waals surface area contributed by atoms with E-state index in [0.29, 0.717) is 18.1 Å². The summed E-state index contributed by atoms with van der Waals surface area (Å²) < 4.78 is 40.2. The van der Waals surface area contributed by atoms with Gasteiger partial charge in [-0.3, -0.25) is 4.98 Å². The molecule has 2 aromatic carbocycles. The molecule has 0 unspecified atom stereocenters. The number of nitrogens with zero attached hydrogens (tertiary/aromatic N) is 2. The molecule has 2 aromatic heterocycles. The predicted molar refractivity (Wildman–Crippen MR) is 133 cm³/mol. The first-order valence-corrected chi connectivity index (χ1v) is 11.4. The Kier molecular flexibility index (Phi) is 7.29. The topological polar surface area (TPSA) is 55.9 Å². The Morgan fingerprint density at radius 2 is 1.85 bits per heavy atom. The summed E-state index contributed by atoms with van der Waals surface area (Å²) in [5, 5.41) is 4.37. The molecular weight excluding hydrogens is 457 g/mol. The number of fused-ring (bicyclic) bond motifs is 1. The third kappa shape index (κ3) is 6.01. The van der Waals surface area contributed by atoms with Crippen molar-refractivity contribution < 1.29 is 13.2 Å². The van der Waals surface area contributed by atoms with Crippen LogP contribution in [0.2, 0.25) is 0 Å². The Morgan fingerprint density at radius 3 is 2.59 bits per heavy atom. The highest BCUT2D eigenvalue weighted by Gasteiger charge is 2.26. The van der Waals surface area contributed by atoms with E-state index in [9.17, 15) is 13.2 Å². The van der Waals surface area contributed by atoms with Gasteiger partial charge < -0.3 is 15.6 Å². The Balaban J connectivity index is 1.63. The Labute approximate surface area is 201 Å². The number of halogens is 3. The van der Waals surface area contributed by atoms with E-state index in [1.165, 1.54) is 0 Å². The van der Waals surface area contributed by atoms with Gasteiger partial charge in [0.25, 0.3) is 0 Å². The second kappa shape index (κ2) is 10.4. The van der Waals surface area contributed by atoms with Gasteiger partial charge in [0.2, 0.25) is 0 Å². The summed E-state index contributed by atoms with van der Waals surface area (Å²) in [5.41, 5.74) is 11.5. The second-order valence-electron chi connectivity index (χ2n) is 8.22. The SMILES string of the molecule is NC(=S)c1cccc(-c2cn(CCCC(F)(F)F)c3cc(CNCc4cccnc4)ccc23)c1. The van der Waals surface area contributed by atoms with E-state index in [1.807, 2.05) is 71.6 Å². The molecule has 176 valence electrons. The van der Waals surface area contributed by atoms with E-state index >= 15 is 0 Å². The highest BCUT2D eigenvalue weighted by Crippen LogP contribution is 2.33. The number of rotatable bonds is 9. The molecule has 8 heteroatoms. The van der Waals surface area contributed by atoms with E-state index in [4.69, 9.17) is 18.0 Å². The summed E-state index contributed by atoms with van der Waals surface area (Å²) >= 11 is 5.11. The molecule has 3 N–H and O–H groups in total. The average Bonchev–Trinajstić information content (AvgIpc) is 3.17. The number of alkyl halides is 3. The standard InChI is InChI=1S/C26H25F3N4S/c27-26(28,29)9-3-11-33-17-23(20-5-1-6-21(13-20)25(30)34)22-8-7-18(12-24(22)33)14-32-16-19-4-2-10-31-15-19/h1-2,4-8,10,12-13,15,17,32H,3,9,11,14,16H2,(H2,30,34). The summed E-state index contributed by atoms with van der Waals surface area (Å²) in [6.07, 6.45) is 0.507. The molecule has 0 aliphatic rings. The first-order chi connectivity index (χ1) is 16.3. The maximum atomic E-state index is 12.8. The highest BCUT2D eigenvalue weighted by molar-refractivity contribution is 7.80. The lowest BCUT2D eigenvalue weighted by atomic mass is 10.0. The minimum Gasteiger partial charge on any atom is -0.389 e. The lowest BCUT2D eigenvalue weighted by molar-refractivity contribution is -0.135. The van der Waals surface area contributed by atoms with Crippen molar-refractivity contribution >= 4 is 28.1 Å². The molecule has 4 nitrogen and oxygen atoms in total. The zero-order valence-corrected chi connectivity index (χ0v) is 19.3. The van der Waals surface area contributed by atoms with Gasteiger partial charge in [0.15, 0.2) is 0 Å². The number of nitrogens with one attached hydrogen (secondary N) is 1. The van der Waals surface area contributed by atoms with Crippen LogP contribution in [-0.2, 0) is 19.6 Å². The van der Waals surface area contributed by atoms with Crippen LogP contribution in [-0.4, -0.2) is 20.7 Å². The first kappa shape index (κ1) is 23.9. The summed E-state index contributed by atoms with van der Waals surface area (Å²) in [5.74, 6) is 0. The van der Waals surface area contributed by atoms with E-state index in [1.54, 1.807) is 6.20 Å². The van der Waals surface area contributed by atoms with Crippen molar-refractivity contribution in [1.29, 1.82) is 0 Å². The van der Waals surface area contributed by atoms with Crippen molar-refractivity contribution in [2.75, 3.05) is 0 Å². The van der Waals surface area contributed by atoms with E-state index in [2.05, 4.69) is 10.3 Å². The van der Waals surface area contributed by atoms with Crippen LogP contribution >= 0.6 is 12.2 Å². The van der Waals surface area contributed by atoms with E-state index in [-0.39, 0.29) is 13.0 Å². The maximum absolute atomic E-state index is 12.8. The molecule has 0 atom stereocenters. The van der Waals surface area contributed by atoms with Gasteiger partial charge in [-0.05, 0) is 41.3 Å². The third-order valence-electron chi connectivity index (χ3n) is 5.65. The number of aryl methyl sites for hydroxylation is 1. The molecule has 2 heterocycles. The molecule has 4 rings (SSSR count). The van der Waals surface area contributed by atoms with Gasteiger partial charge in [0, 0.05) is 66.7 Å². The van der Waals surface area contributed by atoms with Crippen LogP contribution in [0.4, 0.5) is 13.2 Å². The molecule has 0 spiro atoms. The molecule has 0 fully saturated rings. The lowest BCUT2D eigenvalue weighted by Crippen LogP contribution is -2.12. The Hall–Kier alpha value is -3.23. The number of pyridine rings is 1. The summed E-state index contributed by atoms with van der Waals surface area (Å²) in [6, 6.07) is 17.6. The van der Waals surface area contributed by atoms with Gasteiger partial charge in [0.05, 0.1) is 0 Å². The Bertz CT molecular complexity index is 1280. The number of nitrogens with two attached hydrogens (primary N) is 1. The molecular formula is C26H25F3N4S. The first-order valence-electron chi connectivity index (χ1n) is 11.0. The molecule has 0 saturated carbocycles. The normalized spacial score (nSPS) is 11.7. The third-order valence-corrected chi connectivity index (χ3v) is 5.88. The predicted octanol–water partition coefficient (Wildman–Crippen LogP) is 5.97. The second-order valence-corrected chi connectivity index (χ2v) is 8.66. The smallest absolute Gasteiger partial charge is 0.389 e. The molecule has 0 aliphatic carbocycles. The van der Waals surface area contributed by atoms with Crippen LogP contribution in [0.15, 0.2) is 73.2 Å². The van der Waals surface area contributed by atoms with Crippen LogP contribution in [0.1, 0.15) is 29.5 Å². The van der Waals surface area contributed by atoms with Gasteiger partial charge in [-0.25, -0.2) is 0 Å². The van der Waals surface area contributed by atoms with E-state index < -0.39 is 12.6 Å². The van der Waals surface area contributed by atoms with Crippen LogP contribution in [0.3, 0.4) is 0 Å². The number of hydrogen-bond donors (Lipinski definition) is 2. The van der Waals surface area contributed by atoms with Crippen molar-refractivity contribution in [2.24, 2.45) is 5.73 Å². The van der Waals surface area contributed by atoms with Crippen LogP contribution in [0.25, 0.3) is 22.0 Å². The summed E-state index contributed by atoms with van der Waals surface area (Å²) in [4.78, 5) is 4.42. The van der Waals surface area contributed by atoms with Gasteiger partial charge in [0.1, 0.15) is 4.99 Å². The molecule has 0 radical (unpaired) electrons. The quantitative estimate of drug-likeness (QED) is 0.289. The fraction of sp³-hybridized carbons (Fsp3) is 0.231. The Morgan fingerprint density at radius 1 is 1.03 bits per heavy atom. The number of aromatic nitrogens is 2. The minimum atomic E-state index is -4.17. The molecule has 4 aromatic rings. The van der Waals surface area contributed by atoms with E-state index in [0.717, 1.165) is 38.7 Å². The summed E-state index contributed by atoms with van der Waals surface area (Å²) in [7, 11) is 0. The largest absolute Gasteiger partial charge is 0.389 e. The summed E-state index contributed by atoms with van der Waals surface area (Å²) in [6.45, 7) is 1.58. The zero-order chi connectivity index (χ0) is 24.1. The van der Waals surface area contributed by atoms with Gasteiger partial charge in [-0.15, -0.1) is 0 Å². The number of benzene rings is 2. The highest BCUT2D eigenvalue weighted by atomic mass is 32.1. The van der Waals surface area contributed by atoms with Crippen LogP contribution < -0.4 is 11.1 Å². The van der Waals surface area contributed by atoms with Gasteiger partial charge in [-0.2, -0.15) is 13.2 Å². The number of hydrogen-bond acceptors (Lipinski definition) is 3. The molecule has 0 saturated heterocycles. The number of thiocarbonyl (C=S) groups is 1. The fourth-order valence-corrected chi connectivity index (χ4v) is 4.13. The van der Waals surface area contributed by atoms with Crippen molar-refractivity contribution in [2.45, 2.75) is 38.7 Å². The van der Waals surface area contributed by atoms with Gasteiger partial charge in [-0.1, -0.05) is 48.6 Å². The van der Waals surface area contributed by atoms with Gasteiger partial charge >= 0.3 is 6.18 Å². The maximum Gasteiger partial charge on any atom is 0.389 e. The zero-order valence-electron chi connectivity index (χ0n) is 18.5. The van der Waals surface area contributed by atoms with Crippen molar-refractivity contribution in [3.05, 3.63) is 89.9 Å². The minimum absolute atomic E-state index is 0.0170. The fourth-order valence-electron chi connectivity index (χ4n) is 4.01.